The summed E-state index contributed by atoms with van der Waals surface area (Å²) in [6, 6.07) is 13.0. The summed E-state index contributed by atoms with van der Waals surface area (Å²) in [5.41, 5.74) is 4.15. The largest absolute Gasteiger partial charge is 0.497 e. The van der Waals surface area contributed by atoms with E-state index in [2.05, 4.69) is 5.32 Å². The Morgan fingerprint density at radius 2 is 1.81 bits per heavy atom. The molecule has 2 aromatic rings. The summed E-state index contributed by atoms with van der Waals surface area (Å²) in [6.07, 6.45) is 0.949. The summed E-state index contributed by atoms with van der Waals surface area (Å²) in [5.74, 6) is -0.0195. The quantitative estimate of drug-likeness (QED) is 0.351. The molecule has 0 fully saturated rings. The van der Waals surface area contributed by atoms with Crippen LogP contribution in [0.15, 0.2) is 65.0 Å². The Morgan fingerprint density at radius 1 is 1.05 bits per heavy atom. The van der Waals surface area contributed by atoms with Crippen LogP contribution in [-0.2, 0) is 19.1 Å². The number of ketones is 1. The second kappa shape index (κ2) is 11.8. The number of carbonyl (C=O) groups is 2. The van der Waals surface area contributed by atoms with E-state index in [-0.39, 0.29) is 18.3 Å². The lowest BCUT2D eigenvalue weighted by Gasteiger charge is -2.37. The van der Waals surface area contributed by atoms with Crippen molar-refractivity contribution >= 4 is 23.4 Å². The van der Waals surface area contributed by atoms with Crippen molar-refractivity contribution in [3.63, 3.8) is 0 Å². The molecule has 2 aliphatic rings. The number of methoxy groups -OCH3 is 2. The van der Waals surface area contributed by atoms with E-state index in [1.165, 1.54) is 0 Å². The van der Waals surface area contributed by atoms with Gasteiger partial charge >= 0.3 is 5.97 Å². The lowest BCUT2D eigenvalue weighted by atomic mass is 9.71. The van der Waals surface area contributed by atoms with Crippen molar-refractivity contribution in [2.75, 3.05) is 34.0 Å². The van der Waals surface area contributed by atoms with Gasteiger partial charge in [0.25, 0.3) is 0 Å². The van der Waals surface area contributed by atoms with E-state index in [4.69, 9.17) is 30.5 Å². The van der Waals surface area contributed by atoms with Crippen LogP contribution in [0.1, 0.15) is 49.7 Å². The zero-order valence-corrected chi connectivity index (χ0v) is 22.3. The Bertz CT molecular complexity index is 1230. The minimum absolute atomic E-state index is 0.00178. The first-order chi connectivity index (χ1) is 17.9. The summed E-state index contributed by atoms with van der Waals surface area (Å²) in [6.45, 7) is 4.67. The summed E-state index contributed by atoms with van der Waals surface area (Å²) >= 11 is 6.08. The SMILES string of the molecule is CCOCCOC(=O)C1=C(C)NC2=C(C(=O)C[C@@H](c3ccc(Cl)cc3)C2)[C@H]1c1ccc(OC)cc1OC. The molecule has 1 heterocycles. The molecule has 0 amide bonds. The van der Waals surface area contributed by atoms with Gasteiger partial charge < -0.3 is 24.3 Å². The van der Waals surface area contributed by atoms with Crippen LogP contribution in [0, 0.1) is 0 Å². The lowest BCUT2D eigenvalue weighted by Crippen LogP contribution is -2.36. The maximum Gasteiger partial charge on any atom is 0.336 e. The lowest BCUT2D eigenvalue weighted by molar-refractivity contribution is -0.140. The number of ether oxygens (including phenoxy) is 4. The van der Waals surface area contributed by atoms with Gasteiger partial charge in [0.05, 0.1) is 32.3 Å². The van der Waals surface area contributed by atoms with Gasteiger partial charge in [0, 0.05) is 46.6 Å². The van der Waals surface area contributed by atoms with Crippen LogP contribution >= 0.6 is 11.6 Å². The maximum atomic E-state index is 13.8. The van der Waals surface area contributed by atoms with Crippen LogP contribution in [0.25, 0.3) is 0 Å². The molecule has 1 aliphatic heterocycles. The molecule has 4 rings (SSSR count). The second-order valence-corrected chi connectivity index (χ2v) is 9.45. The number of dihydropyridines is 1. The van der Waals surface area contributed by atoms with Crippen LogP contribution in [-0.4, -0.2) is 45.8 Å². The van der Waals surface area contributed by atoms with Crippen LogP contribution in [0.5, 0.6) is 11.5 Å². The van der Waals surface area contributed by atoms with Gasteiger partial charge in [-0.25, -0.2) is 4.79 Å². The predicted octanol–water partition coefficient (Wildman–Crippen LogP) is 5.30. The van der Waals surface area contributed by atoms with E-state index in [1.807, 2.05) is 44.2 Å². The number of rotatable bonds is 9. The van der Waals surface area contributed by atoms with Crippen molar-refractivity contribution in [2.45, 2.75) is 38.5 Å². The van der Waals surface area contributed by atoms with Crippen molar-refractivity contribution in [2.24, 2.45) is 0 Å². The van der Waals surface area contributed by atoms with Crippen LogP contribution in [0.4, 0.5) is 0 Å². The molecule has 0 spiro atoms. The fourth-order valence-corrected chi connectivity index (χ4v) is 5.19. The van der Waals surface area contributed by atoms with Gasteiger partial charge in [-0.2, -0.15) is 0 Å². The summed E-state index contributed by atoms with van der Waals surface area (Å²) in [5, 5.41) is 4.02. The van der Waals surface area contributed by atoms with Gasteiger partial charge in [0.1, 0.15) is 18.1 Å². The fraction of sp³-hybridized carbons (Fsp3) is 0.379. The van der Waals surface area contributed by atoms with Gasteiger partial charge in [-0.1, -0.05) is 29.8 Å². The first-order valence-electron chi connectivity index (χ1n) is 12.3. The molecule has 1 aliphatic carbocycles. The Hall–Kier alpha value is -3.29. The third-order valence-corrected chi connectivity index (χ3v) is 7.06. The molecule has 196 valence electrons. The first kappa shape index (κ1) is 26.8. The smallest absolute Gasteiger partial charge is 0.336 e. The number of halogens is 1. The van der Waals surface area contributed by atoms with Gasteiger partial charge in [0.15, 0.2) is 5.78 Å². The molecule has 8 heteroatoms. The first-order valence-corrected chi connectivity index (χ1v) is 12.7. The highest BCUT2D eigenvalue weighted by Gasteiger charge is 2.42. The predicted molar refractivity (Wildman–Crippen MR) is 141 cm³/mol. The van der Waals surface area contributed by atoms with Crippen LogP contribution in [0.3, 0.4) is 0 Å². The molecule has 7 nitrogen and oxygen atoms in total. The molecular weight excluding hydrogens is 494 g/mol. The van der Waals surface area contributed by atoms with Crippen molar-refractivity contribution in [1.29, 1.82) is 0 Å². The average Bonchev–Trinajstić information content (AvgIpc) is 2.90. The van der Waals surface area contributed by atoms with E-state index in [0.717, 1.165) is 11.3 Å². The number of esters is 1. The molecule has 0 bridgehead atoms. The monoisotopic (exact) mass is 525 g/mol. The fourth-order valence-electron chi connectivity index (χ4n) is 5.06. The molecule has 0 unspecified atom stereocenters. The minimum Gasteiger partial charge on any atom is -0.497 e. The van der Waals surface area contributed by atoms with E-state index in [0.29, 0.717) is 65.0 Å². The highest BCUT2D eigenvalue weighted by molar-refractivity contribution is 6.30. The third kappa shape index (κ3) is 5.68. The van der Waals surface area contributed by atoms with E-state index in [9.17, 15) is 9.59 Å². The van der Waals surface area contributed by atoms with Gasteiger partial charge in [-0.3, -0.25) is 4.79 Å². The van der Waals surface area contributed by atoms with Crippen molar-refractivity contribution in [1.82, 2.24) is 5.32 Å². The van der Waals surface area contributed by atoms with E-state index < -0.39 is 11.9 Å². The molecule has 0 saturated carbocycles. The van der Waals surface area contributed by atoms with Gasteiger partial charge in [-0.05, 0) is 49.9 Å². The average molecular weight is 526 g/mol. The molecule has 0 radical (unpaired) electrons. The maximum absolute atomic E-state index is 13.8. The number of carbonyl (C=O) groups excluding carboxylic acids is 2. The van der Waals surface area contributed by atoms with Gasteiger partial charge in [-0.15, -0.1) is 0 Å². The molecular formula is C29H32ClNO6. The number of benzene rings is 2. The highest BCUT2D eigenvalue weighted by atomic mass is 35.5. The number of hydrogen-bond acceptors (Lipinski definition) is 7. The van der Waals surface area contributed by atoms with E-state index >= 15 is 0 Å². The molecule has 2 aromatic carbocycles. The van der Waals surface area contributed by atoms with Crippen LogP contribution in [0.2, 0.25) is 5.02 Å². The standard InChI is InChI=1S/C29H32ClNO6/c1-5-36-12-13-37-29(33)26-17(2)31-23-14-19(18-6-8-20(30)9-7-18)15-24(32)28(23)27(26)22-11-10-21(34-3)16-25(22)35-4/h6-11,16,19,27,31H,5,12-15H2,1-4H3/t19-,27-/m0/s1. The summed E-state index contributed by atoms with van der Waals surface area (Å²) in [4.78, 5) is 27.2. The van der Waals surface area contributed by atoms with Crippen molar-refractivity contribution in [3.8, 4) is 11.5 Å². The van der Waals surface area contributed by atoms with Crippen molar-refractivity contribution in [3.05, 3.63) is 81.2 Å². The zero-order valence-electron chi connectivity index (χ0n) is 21.6. The number of allylic oxidation sites excluding steroid dienone is 3. The molecule has 1 N–H and O–H groups in total. The van der Waals surface area contributed by atoms with E-state index in [1.54, 1.807) is 26.4 Å². The second-order valence-electron chi connectivity index (χ2n) is 9.01. The zero-order chi connectivity index (χ0) is 26.5. The molecule has 0 saturated heterocycles. The minimum atomic E-state index is -0.643. The summed E-state index contributed by atoms with van der Waals surface area (Å²) in [7, 11) is 3.14. The topological polar surface area (TPSA) is 83.1 Å². The Balaban J connectivity index is 1.77. The molecule has 2 atom stereocenters. The van der Waals surface area contributed by atoms with Crippen LogP contribution < -0.4 is 14.8 Å². The van der Waals surface area contributed by atoms with Crippen molar-refractivity contribution < 1.29 is 28.5 Å². The highest BCUT2D eigenvalue weighted by Crippen LogP contribution is 2.48. The number of nitrogens with one attached hydrogen (secondary N) is 1. The third-order valence-electron chi connectivity index (χ3n) is 6.81. The Kier molecular flexibility index (Phi) is 8.56. The Labute approximate surface area is 222 Å². The number of Topliss-reactive ketones (excluding diaryl/α,β-unsaturated/α-hetero) is 1. The number of hydrogen-bond donors (Lipinski definition) is 1. The normalized spacial score (nSPS) is 19.3. The molecule has 37 heavy (non-hydrogen) atoms. The Morgan fingerprint density at radius 3 is 2.49 bits per heavy atom. The van der Waals surface area contributed by atoms with Gasteiger partial charge in [0.2, 0.25) is 0 Å². The molecule has 0 aromatic heterocycles. The summed E-state index contributed by atoms with van der Waals surface area (Å²) < 4.78 is 22.0.